The van der Waals surface area contributed by atoms with Gasteiger partial charge in [0.15, 0.2) is 5.78 Å². The van der Waals surface area contributed by atoms with Gasteiger partial charge in [0.2, 0.25) is 5.91 Å². The van der Waals surface area contributed by atoms with E-state index in [1.807, 2.05) is 0 Å². The van der Waals surface area contributed by atoms with Gasteiger partial charge in [0.05, 0.1) is 12.0 Å². The highest BCUT2D eigenvalue weighted by Crippen LogP contribution is 2.42. The van der Waals surface area contributed by atoms with Crippen molar-refractivity contribution in [3.63, 3.8) is 0 Å². The monoisotopic (exact) mass is 273 g/mol. The smallest absolute Gasteiger partial charge is 0.221 e. The fraction of sp³-hybridized carbons (Fsp3) is 0.500. The summed E-state index contributed by atoms with van der Waals surface area (Å²) in [5.41, 5.74) is 1.00. The summed E-state index contributed by atoms with van der Waals surface area (Å²) in [5.74, 6) is 0.649. The maximum Gasteiger partial charge on any atom is 0.221 e. The Bertz CT molecular complexity index is 559. The Balaban J connectivity index is 1.92. The van der Waals surface area contributed by atoms with E-state index in [2.05, 4.69) is 5.32 Å². The molecule has 1 aromatic rings. The second kappa shape index (κ2) is 4.93. The van der Waals surface area contributed by atoms with Crippen molar-refractivity contribution in [2.45, 2.75) is 51.0 Å². The molecule has 1 aromatic carbocycles. The molecule has 0 bridgehead atoms. The second-order valence-electron chi connectivity index (χ2n) is 5.84. The van der Waals surface area contributed by atoms with Gasteiger partial charge in [-0.1, -0.05) is 6.42 Å². The highest BCUT2D eigenvalue weighted by molar-refractivity contribution is 6.01. The molecule has 1 aliphatic heterocycles. The van der Waals surface area contributed by atoms with Crippen LogP contribution in [0.15, 0.2) is 18.2 Å². The normalized spacial score (nSPS) is 20.1. The number of fused-ring (bicyclic) bond motifs is 1. The van der Waals surface area contributed by atoms with Crippen molar-refractivity contribution in [1.29, 1.82) is 0 Å². The molecule has 4 heteroatoms. The van der Waals surface area contributed by atoms with Crippen molar-refractivity contribution in [2.24, 2.45) is 0 Å². The standard InChI is InChI=1S/C16H19NO3/c1-11(18)17-12-5-6-13-14(19)10-16(20-15(13)9-12)7-3-2-4-8-16/h5-6,9H,2-4,7-8,10H2,1H3,(H,17,18). The van der Waals surface area contributed by atoms with Crippen molar-refractivity contribution in [3.05, 3.63) is 23.8 Å². The van der Waals surface area contributed by atoms with Crippen LogP contribution in [0.5, 0.6) is 5.75 Å². The topological polar surface area (TPSA) is 55.4 Å². The molecule has 2 aliphatic rings. The molecule has 3 rings (SSSR count). The van der Waals surface area contributed by atoms with Gasteiger partial charge in [0, 0.05) is 18.7 Å². The van der Waals surface area contributed by atoms with Gasteiger partial charge in [-0.15, -0.1) is 0 Å². The minimum Gasteiger partial charge on any atom is -0.486 e. The van der Waals surface area contributed by atoms with E-state index in [1.54, 1.807) is 18.2 Å². The first-order valence-corrected chi connectivity index (χ1v) is 7.22. The Kier molecular flexibility index (Phi) is 3.24. The van der Waals surface area contributed by atoms with Gasteiger partial charge >= 0.3 is 0 Å². The summed E-state index contributed by atoms with van der Waals surface area (Å²) in [4.78, 5) is 23.4. The third kappa shape index (κ3) is 2.42. The summed E-state index contributed by atoms with van der Waals surface area (Å²) < 4.78 is 6.18. The number of carbonyl (C=O) groups excluding carboxylic acids is 2. The Morgan fingerprint density at radius 1 is 1.25 bits per heavy atom. The maximum absolute atomic E-state index is 12.3. The number of benzene rings is 1. The van der Waals surface area contributed by atoms with Gasteiger partial charge in [0.1, 0.15) is 11.4 Å². The first-order valence-electron chi connectivity index (χ1n) is 7.22. The Morgan fingerprint density at radius 2 is 2.00 bits per heavy atom. The van der Waals surface area contributed by atoms with Crippen LogP contribution < -0.4 is 10.1 Å². The van der Waals surface area contributed by atoms with E-state index in [0.717, 1.165) is 25.7 Å². The van der Waals surface area contributed by atoms with Gasteiger partial charge in [-0.25, -0.2) is 0 Å². The van der Waals surface area contributed by atoms with Crippen LogP contribution in [0.2, 0.25) is 0 Å². The largest absolute Gasteiger partial charge is 0.486 e. The molecule has 0 radical (unpaired) electrons. The predicted octanol–water partition coefficient (Wildman–Crippen LogP) is 3.31. The van der Waals surface area contributed by atoms with Crippen molar-refractivity contribution in [1.82, 2.24) is 0 Å². The average Bonchev–Trinajstić information content (AvgIpc) is 2.38. The van der Waals surface area contributed by atoms with Gasteiger partial charge in [-0.05, 0) is 37.8 Å². The van der Waals surface area contributed by atoms with Crippen LogP contribution in [0.1, 0.15) is 55.8 Å². The molecule has 1 N–H and O–H groups in total. The lowest BCUT2D eigenvalue weighted by Gasteiger charge is -2.40. The average molecular weight is 273 g/mol. The molecule has 0 saturated heterocycles. The fourth-order valence-corrected chi connectivity index (χ4v) is 3.25. The minimum absolute atomic E-state index is 0.125. The molecule has 0 atom stereocenters. The molecule has 4 nitrogen and oxygen atoms in total. The number of Topliss-reactive ketones (excluding diaryl/α,β-unsaturated/α-hetero) is 1. The molecule has 106 valence electrons. The quantitative estimate of drug-likeness (QED) is 0.854. The number of hydrogen-bond donors (Lipinski definition) is 1. The van der Waals surface area contributed by atoms with Crippen molar-refractivity contribution < 1.29 is 14.3 Å². The van der Waals surface area contributed by atoms with Crippen LogP contribution in [-0.4, -0.2) is 17.3 Å². The summed E-state index contributed by atoms with van der Waals surface area (Å²) in [6, 6.07) is 5.27. The second-order valence-corrected chi connectivity index (χ2v) is 5.84. The van der Waals surface area contributed by atoms with Crippen LogP contribution in [0, 0.1) is 0 Å². The maximum atomic E-state index is 12.3. The van der Waals surface area contributed by atoms with Crippen molar-refractivity contribution >= 4 is 17.4 Å². The summed E-state index contributed by atoms with van der Waals surface area (Å²) in [7, 11) is 0. The molecule has 1 amide bonds. The number of hydrogen-bond acceptors (Lipinski definition) is 3. The number of nitrogens with one attached hydrogen (secondary N) is 1. The highest BCUT2D eigenvalue weighted by atomic mass is 16.5. The lowest BCUT2D eigenvalue weighted by Crippen LogP contribution is -2.43. The third-order valence-electron chi connectivity index (χ3n) is 4.18. The number of carbonyl (C=O) groups is 2. The van der Waals surface area contributed by atoms with Crippen LogP contribution >= 0.6 is 0 Å². The van der Waals surface area contributed by atoms with Gasteiger partial charge in [-0.3, -0.25) is 9.59 Å². The van der Waals surface area contributed by atoms with Gasteiger partial charge < -0.3 is 10.1 Å². The molecule has 1 heterocycles. The lowest BCUT2D eigenvalue weighted by atomic mass is 9.78. The third-order valence-corrected chi connectivity index (χ3v) is 4.18. The Labute approximate surface area is 118 Å². The van der Waals surface area contributed by atoms with Crippen molar-refractivity contribution in [2.75, 3.05) is 5.32 Å². The lowest BCUT2D eigenvalue weighted by molar-refractivity contribution is -0.114. The molecule has 1 spiro atoms. The van der Waals surface area contributed by atoms with E-state index in [1.165, 1.54) is 13.3 Å². The van der Waals surface area contributed by atoms with E-state index >= 15 is 0 Å². The van der Waals surface area contributed by atoms with E-state index in [9.17, 15) is 9.59 Å². The van der Waals surface area contributed by atoms with Crippen LogP contribution in [-0.2, 0) is 4.79 Å². The molecular weight excluding hydrogens is 254 g/mol. The fourth-order valence-electron chi connectivity index (χ4n) is 3.25. The number of ether oxygens (including phenoxy) is 1. The highest BCUT2D eigenvalue weighted by Gasteiger charge is 2.41. The Hall–Kier alpha value is -1.84. The van der Waals surface area contributed by atoms with E-state index < -0.39 is 0 Å². The van der Waals surface area contributed by atoms with E-state index in [4.69, 9.17) is 4.74 Å². The molecular formula is C16H19NO3. The summed E-state index contributed by atoms with van der Waals surface area (Å²) >= 11 is 0. The zero-order valence-corrected chi connectivity index (χ0v) is 11.7. The number of ketones is 1. The van der Waals surface area contributed by atoms with Crippen LogP contribution in [0.3, 0.4) is 0 Å². The summed E-state index contributed by atoms with van der Waals surface area (Å²) in [6.45, 7) is 1.47. The SMILES string of the molecule is CC(=O)Nc1ccc2c(c1)OC1(CCCCC1)CC2=O. The number of amides is 1. The first-order chi connectivity index (χ1) is 9.58. The minimum atomic E-state index is -0.308. The predicted molar refractivity (Wildman–Crippen MR) is 76.1 cm³/mol. The van der Waals surface area contributed by atoms with E-state index in [0.29, 0.717) is 23.4 Å². The van der Waals surface area contributed by atoms with Gasteiger partial charge in [0.25, 0.3) is 0 Å². The first kappa shape index (κ1) is 13.2. The Morgan fingerprint density at radius 3 is 2.70 bits per heavy atom. The molecule has 20 heavy (non-hydrogen) atoms. The number of rotatable bonds is 1. The van der Waals surface area contributed by atoms with Crippen LogP contribution in [0.25, 0.3) is 0 Å². The molecule has 0 unspecified atom stereocenters. The zero-order valence-electron chi connectivity index (χ0n) is 11.7. The summed E-state index contributed by atoms with van der Waals surface area (Å²) in [6.07, 6.45) is 5.84. The zero-order chi connectivity index (χ0) is 14.2. The summed E-state index contributed by atoms with van der Waals surface area (Å²) in [5, 5.41) is 2.73. The molecule has 1 saturated carbocycles. The molecule has 1 fully saturated rings. The molecule has 0 aromatic heterocycles. The van der Waals surface area contributed by atoms with Crippen molar-refractivity contribution in [3.8, 4) is 5.75 Å². The molecule has 1 aliphatic carbocycles. The van der Waals surface area contributed by atoms with E-state index in [-0.39, 0.29) is 17.3 Å². The van der Waals surface area contributed by atoms with Crippen LogP contribution in [0.4, 0.5) is 5.69 Å². The number of anilines is 1. The van der Waals surface area contributed by atoms with Gasteiger partial charge in [-0.2, -0.15) is 0 Å².